The lowest BCUT2D eigenvalue weighted by Crippen LogP contribution is -2.47. The molecule has 3 atom stereocenters. The molecule has 1 saturated carbocycles. The number of hydrogen-bond donors (Lipinski definition) is 3. The maximum Gasteiger partial charge on any atom is 0.573 e. The zero-order valence-electron chi connectivity index (χ0n) is 18.1. The molecule has 1 aliphatic heterocycles. The molecule has 2 aromatic carbocycles. The summed E-state index contributed by atoms with van der Waals surface area (Å²) < 4.78 is 42.6. The number of rotatable bonds is 4. The van der Waals surface area contributed by atoms with Crippen LogP contribution in [-0.2, 0) is 4.79 Å². The molecule has 1 aliphatic carbocycles. The number of fused-ring (bicyclic) bond motifs is 2. The number of aromatic nitrogens is 1. The molecule has 2 heterocycles. The third kappa shape index (κ3) is 4.46. The molecule has 1 saturated heterocycles. The standard InChI is InChI=1S/C23H20F3N5O4/c24-23(25,26)35-14-5-3-4-13(10-14)28-20(32)19-9-12-8-18(12)31(19)22(34)29-16-11-30(21(27)33)17-7-2-1-6-15(16)17/h1-7,10-12,18-19H,8-9H2,(H2,27,33)(H,28,32)(H,29,34)/t12?,18-,19-/m0/s1. The predicted octanol–water partition coefficient (Wildman–Crippen LogP) is 4.10. The van der Waals surface area contributed by atoms with E-state index in [-0.39, 0.29) is 17.6 Å². The minimum absolute atomic E-state index is 0.113. The zero-order chi connectivity index (χ0) is 24.9. The van der Waals surface area contributed by atoms with Gasteiger partial charge in [0.25, 0.3) is 0 Å². The van der Waals surface area contributed by atoms with Crippen molar-refractivity contribution in [2.24, 2.45) is 11.7 Å². The molecule has 0 radical (unpaired) electrons. The van der Waals surface area contributed by atoms with Crippen LogP contribution in [0.4, 0.5) is 34.1 Å². The summed E-state index contributed by atoms with van der Waals surface area (Å²) in [7, 11) is 0. The van der Waals surface area contributed by atoms with Crippen LogP contribution in [0.5, 0.6) is 5.75 Å². The Morgan fingerprint density at radius 3 is 2.54 bits per heavy atom. The van der Waals surface area contributed by atoms with Crippen LogP contribution in [0, 0.1) is 5.92 Å². The van der Waals surface area contributed by atoms with Gasteiger partial charge < -0.3 is 26.0 Å². The van der Waals surface area contributed by atoms with Gasteiger partial charge in [0.15, 0.2) is 0 Å². The molecule has 2 aliphatic rings. The summed E-state index contributed by atoms with van der Waals surface area (Å²) in [4.78, 5) is 39.4. The Morgan fingerprint density at radius 1 is 1.03 bits per heavy atom. The molecule has 0 bridgehead atoms. The second-order valence-corrected chi connectivity index (χ2v) is 8.49. The van der Waals surface area contributed by atoms with Gasteiger partial charge in [-0.3, -0.25) is 9.36 Å². The van der Waals surface area contributed by atoms with Crippen molar-refractivity contribution in [3.05, 3.63) is 54.7 Å². The molecule has 4 amide bonds. The average Bonchev–Trinajstić information content (AvgIpc) is 3.28. The molecule has 9 nitrogen and oxygen atoms in total. The highest BCUT2D eigenvalue weighted by molar-refractivity contribution is 6.06. The number of primary amides is 1. The van der Waals surface area contributed by atoms with E-state index in [0.717, 1.165) is 18.6 Å². The number of amides is 4. The fourth-order valence-corrected chi connectivity index (χ4v) is 4.62. The number of carbonyl (C=O) groups is 3. The fourth-order valence-electron chi connectivity index (χ4n) is 4.62. The fraction of sp³-hybridized carbons (Fsp3) is 0.261. The number of urea groups is 1. The van der Waals surface area contributed by atoms with Crippen molar-refractivity contribution in [3.8, 4) is 5.75 Å². The van der Waals surface area contributed by atoms with Crippen molar-refractivity contribution in [2.45, 2.75) is 31.3 Å². The summed E-state index contributed by atoms with van der Waals surface area (Å²) in [6.07, 6.45) is -2.24. The molecule has 1 unspecified atom stereocenters. The SMILES string of the molecule is NC(=O)n1cc(NC(=O)N2[C@H](C(=O)Nc3cccc(OC(F)(F)F)c3)CC3C[C@@H]32)c2ccccc21. The lowest BCUT2D eigenvalue weighted by atomic mass is 10.1. The number of hydrogen-bond acceptors (Lipinski definition) is 4. The molecule has 3 aromatic rings. The first-order chi connectivity index (χ1) is 16.6. The summed E-state index contributed by atoms with van der Waals surface area (Å²) >= 11 is 0. The number of anilines is 2. The van der Waals surface area contributed by atoms with E-state index in [4.69, 9.17) is 5.73 Å². The largest absolute Gasteiger partial charge is 0.573 e. The maximum absolute atomic E-state index is 13.2. The number of piperidine rings is 1. The molecule has 2 fully saturated rings. The number of alkyl halides is 3. The molecule has 0 spiro atoms. The van der Waals surface area contributed by atoms with E-state index in [0.29, 0.717) is 23.0 Å². The van der Waals surface area contributed by atoms with E-state index in [1.54, 1.807) is 24.3 Å². The Bertz CT molecular complexity index is 1340. The number of nitrogens with zero attached hydrogens (tertiary/aromatic N) is 2. The number of halogens is 3. The number of carbonyl (C=O) groups excluding carboxylic acids is 3. The van der Waals surface area contributed by atoms with E-state index in [1.807, 2.05) is 0 Å². The van der Waals surface area contributed by atoms with E-state index in [2.05, 4.69) is 15.4 Å². The van der Waals surface area contributed by atoms with E-state index < -0.39 is 36.1 Å². The number of ether oxygens (including phenoxy) is 1. The molecule has 4 N–H and O–H groups in total. The Balaban J connectivity index is 1.33. The Hall–Kier alpha value is -4.22. The summed E-state index contributed by atoms with van der Waals surface area (Å²) in [6.45, 7) is 0. The molecular formula is C23H20F3N5O4. The van der Waals surface area contributed by atoms with Gasteiger partial charge in [-0.1, -0.05) is 24.3 Å². The normalized spacial score (nSPS) is 20.9. The molecule has 35 heavy (non-hydrogen) atoms. The van der Waals surface area contributed by atoms with Crippen LogP contribution < -0.4 is 21.1 Å². The van der Waals surface area contributed by atoms with Crippen LogP contribution in [0.3, 0.4) is 0 Å². The quantitative estimate of drug-likeness (QED) is 0.513. The highest BCUT2D eigenvalue weighted by Crippen LogP contribution is 2.48. The highest BCUT2D eigenvalue weighted by atomic mass is 19.4. The summed E-state index contributed by atoms with van der Waals surface area (Å²) in [5.41, 5.74) is 6.43. The molecular weight excluding hydrogens is 467 g/mol. The number of nitrogens with one attached hydrogen (secondary N) is 2. The number of benzene rings is 2. The van der Waals surface area contributed by atoms with Crippen molar-refractivity contribution in [1.82, 2.24) is 9.47 Å². The first-order valence-electron chi connectivity index (χ1n) is 10.8. The zero-order valence-corrected chi connectivity index (χ0v) is 18.1. The monoisotopic (exact) mass is 487 g/mol. The summed E-state index contributed by atoms with van der Waals surface area (Å²) in [5, 5.41) is 5.96. The van der Waals surface area contributed by atoms with Gasteiger partial charge in [-0.15, -0.1) is 13.2 Å². The van der Waals surface area contributed by atoms with Crippen LogP contribution >= 0.6 is 0 Å². The lowest BCUT2D eigenvalue weighted by Gasteiger charge is -2.27. The summed E-state index contributed by atoms with van der Waals surface area (Å²) in [6, 6.07) is 9.69. The number of nitrogens with two attached hydrogens (primary N) is 1. The van der Waals surface area contributed by atoms with E-state index in [1.165, 1.54) is 27.8 Å². The molecule has 182 valence electrons. The van der Waals surface area contributed by atoms with Crippen LogP contribution in [-0.4, -0.2) is 45.9 Å². The Labute approximate surface area is 196 Å². The minimum Gasteiger partial charge on any atom is -0.406 e. The minimum atomic E-state index is -4.86. The Kier molecular flexibility index (Phi) is 5.30. The van der Waals surface area contributed by atoms with Crippen molar-refractivity contribution < 1.29 is 32.3 Å². The number of likely N-dealkylation sites (tertiary alicyclic amines) is 1. The topological polar surface area (TPSA) is 119 Å². The van der Waals surface area contributed by atoms with Crippen molar-refractivity contribution in [1.29, 1.82) is 0 Å². The van der Waals surface area contributed by atoms with Gasteiger partial charge in [0.05, 0.1) is 11.2 Å². The number of para-hydroxylation sites is 1. The highest BCUT2D eigenvalue weighted by Gasteiger charge is 2.56. The van der Waals surface area contributed by atoms with Gasteiger partial charge in [-0.05, 0) is 37.0 Å². The average molecular weight is 487 g/mol. The smallest absolute Gasteiger partial charge is 0.406 e. The predicted molar refractivity (Wildman–Crippen MR) is 120 cm³/mol. The van der Waals surface area contributed by atoms with Crippen molar-refractivity contribution in [3.63, 3.8) is 0 Å². The first kappa shape index (κ1) is 22.6. The van der Waals surface area contributed by atoms with Crippen LogP contribution in [0.2, 0.25) is 0 Å². The van der Waals surface area contributed by atoms with Crippen molar-refractivity contribution >= 4 is 40.2 Å². The second kappa shape index (κ2) is 8.22. The third-order valence-electron chi connectivity index (χ3n) is 6.17. The molecule has 12 heteroatoms. The van der Waals surface area contributed by atoms with Crippen LogP contribution in [0.25, 0.3) is 10.9 Å². The van der Waals surface area contributed by atoms with E-state index in [9.17, 15) is 27.6 Å². The van der Waals surface area contributed by atoms with Gasteiger partial charge in [0.1, 0.15) is 11.8 Å². The van der Waals surface area contributed by atoms with Gasteiger partial charge >= 0.3 is 18.4 Å². The van der Waals surface area contributed by atoms with Crippen LogP contribution in [0.1, 0.15) is 12.8 Å². The van der Waals surface area contributed by atoms with Gasteiger partial charge in [0.2, 0.25) is 5.91 Å². The third-order valence-corrected chi connectivity index (χ3v) is 6.17. The maximum atomic E-state index is 13.2. The lowest BCUT2D eigenvalue weighted by molar-refractivity contribution is -0.274. The first-order valence-corrected chi connectivity index (χ1v) is 10.8. The molecule has 1 aromatic heterocycles. The Morgan fingerprint density at radius 2 is 1.80 bits per heavy atom. The molecule has 5 rings (SSSR count). The van der Waals surface area contributed by atoms with Gasteiger partial charge in [-0.2, -0.15) is 0 Å². The summed E-state index contributed by atoms with van der Waals surface area (Å²) in [5.74, 6) is -0.815. The van der Waals surface area contributed by atoms with Gasteiger partial charge in [-0.25, -0.2) is 9.59 Å². The van der Waals surface area contributed by atoms with E-state index >= 15 is 0 Å². The van der Waals surface area contributed by atoms with Gasteiger partial charge in [0, 0.05) is 29.4 Å². The second-order valence-electron chi connectivity index (χ2n) is 8.49. The van der Waals surface area contributed by atoms with Crippen molar-refractivity contribution in [2.75, 3.05) is 10.6 Å². The van der Waals surface area contributed by atoms with Crippen LogP contribution in [0.15, 0.2) is 54.7 Å².